The summed E-state index contributed by atoms with van der Waals surface area (Å²) in [6.07, 6.45) is 0.646. The van der Waals surface area contributed by atoms with Crippen molar-refractivity contribution in [1.29, 1.82) is 0 Å². The Hall–Kier alpha value is -2.90. The molecule has 0 unspecified atom stereocenters. The van der Waals surface area contributed by atoms with Gasteiger partial charge in [0.2, 0.25) is 5.91 Å². The van der Waals surface area contributed by atoms with Crippen LogP contribution in [0.2, 0.25) is 0 Å². The summed E-state index contributed by atoms with van der Waals surface area (Å²) in [5.74, 6) is -2.08. The van der Waals surface area contributed by atoms with Crippen LogP contribution in [0.1, 0.15) is 40.5 Å². The molecular formula is C16H20N2O6. The van der Waals surface area contributed by atoms with Gasteiger partial charge in [0, 0.05) is 18.5 Å². The molecule has 8 heteroatoms. The van der Waals surface area contributed by atoms with E-state index in [0.717, 1.165) is 0 Å². The lowest BCUT2D eigenvalue weighted by atomic mass is 10.1. The lowest BCUT2D eigenvalue weighted by molar-refractivity contribution is -0.143. The number of hydrogen-bond acceptors (Lipinski definition) is 6. The van der Waals surface area contributed by atoms with Gasteiger partial charge in [-0.3, -0.25) is 14.4 Å². The van der Waals surface area contributed by atoms with E-state index in [1.54, 1.807) is 6.92 Å². The number of ether oxygens (including phenoxy) is 2. The largest absolute Gasteiger partial charge is 0.466 e. The second-order valence-electron chi connectivity index (χ2n) is 4.78. The summed E-state index contributed by atoms with van der Waals surface area (Å²) in [5, 5.41) is 2.53. The summed E-state index contributed by atoms with van der Waals surface area (Å²) in [6.45, 7) is 1.88. The highest BCUT2D eigenvalue weighted by Gasteiger charge is 2.11. The van der Waals surface area contributed by atoms with Crippen LogP contribution in [-0.4, -0.2) is 43.5 Å². The van der Waals surface area contributed by atoms with Gasteiger partial charge in [0.05, 0.1) is 12.2 Å². The maximum atomic E-state index is 11.7. The Morgan fingerprint density at radius 1 is 1.04 bits per heavy atom. The molecule has 0 saturated carbocycles. The van der Waals surface area contributed by atoms with E-state index in [1.807, 2.05) is 0 Å². The molecule has 0 aromatic heterocycles. The van der Waals surface area contributed by atoms with Crippen LogP contribution in [-0.2, 0) is 19.1 Å². The molecule has 0 atom stereocenters. The summed E-state index contributed by atoms with van der Waals surface area (Å²) in [6, 6.07) is 5.57. The van der Waals surface area contributed by atoms with Gasteiger partial charge in [0.1, 0.15) is 0 Å². The molecule has 1 aromatic carbocycles. The van der Waals surface area contributed by atoms with Crippen molar-refractivity contribution in [3.63, 3.8) is 0 Å². The summed E-state index contributed by atoms with van der Waals surface area (Å²) < 4.78 is 9.60. The highest BCUT2D eigenvalue weighted by molar-refractivity contribution is 5.95. The second kappa shape index (κ2) is 9.98. The van der Waals surface area contributed by atoms with Gasteiger partial charge in [-0.1, -0.05) is 0 Å². The standard InChI is InChI=1S/C16H20N2O6/c1-2-23-14(20)4-3-9-18-13(19)10-24-16(22)12-7-5-11(6-8-12)15(17)21/h5-8H,2-4,9-10H2,1H3,(H2,17,21)(H,18,19). The fourth-order valence-corrected chi connectivity index (χ4v) is 1.73. The van der Waals surface area contributed by atoms with Crippen molar-refractivity contribution in [3.8, 4) is 0 Å². The molecule has 0 heterocycles. The molecule has 2 amide bonds. The highest BCUT2D eigenvalue weighted by Crippen LogP contribution is 2.05. The van der Waals surface area contributed by atoms with E-state index in [9.17, 15) is 19.2 Å². The fraction of sp³-hybridized carbons (Fsp3) is 0.375. The van der Waals surface area contributed by atoms with E-state index < -0.39 is 24.4 Å². The molecule has 0 aliphatic heterocycles. The van der Waals surface area contributed by atoms with E-state index in [-0.39, 0.29) is 30.1 Å². The van der Waals surface area contributed by atoms with Crippen LogP contribution in [0.3, 0.4) is 0 Å². The van der Waals surface area contributed by atoms with Crippen molar-refractivity contribution in [1.82, 2.24) is 5.32 Å². The Bertz CT molecular complexity index is 597. The molecule has 0 radical (unpaired) electrons. The second-order valence-corrected chi connectivity index (χ2v) is 4.78. The number of esters is 2. The number of hydrogen-bond donors (Lipinski definition) is 2. The van der Waals surface area contributed by atoms with Gasteiger partial charge in [-0.05, 0) is 37.6 Å². The minimum Gasteiger partial charge on any atom is -0.466 e. The van der Waals surface area contributed by atoms with Crippen LogP contribution in [0.5, 0.6) is 0 Å². The van der Waals surface area contributed by atoms with Gasteiger partial charge >= 0.3 is 11.9 Å². The smallest absolute Gasteiger partial charge is 0.338 e. The molecule has 24 heavy (non-hydrogen) atoms. The van der Waals surface area contributed by atoms with Gasteiger partial charge in [0.15, 0.2) is 6.61 Å². The first-order valence-corrected chi connectivity index (χ1v) is 7.43. The van der Waals surface area contributed by atoms with Crippen LogP contribution >= 0.6 is 0 Å². The first-order valence-electron chi connectivity index (χ1n) is 7.43. The molecule has 130 valence electrons. The summed E-state index contributed by atoms with van der Waals surface area (Å²) >= 11 is 0. The monoisotopic (exact) mass is 336 g/mol. The molecule has 1 rings (SSSR count). The van der Waals surface area contributed by atoms with Gasteiger partial charge in [0.25, 0.3) is 5.91 Å². The van der Waals surface area contributed by atoms with E-state index in [4.69, 9.17) is 15.2 Å². The van der Waals surface area contributed by atoms with Gasteiger partial charge in [-0.2, -0.15) is 0 Å². The third-order valence-electron chi connectivity index (χ3n) is 2.92. The first kappa shape index (κ1) is 19.1. The Morgan fingerprint density at radius 3 is 2.25 bits per heavy atom. The molecule has 0 aliphatic carbocycles. The van der Waals surface area contributed by atoms with Crippen LogP contribution in [0.15, 0.2) is 24.3 Å². The predicted molar refractivity (Wildman–Crippen MR) is 84.1 cm³/mol. The van der Waals surface area contributed by atoms with E-state index >= 15 is 0 Å². The highest BCUT2D eigenvalue weighted by atomic mass is 16.5. The average molecular weight is 336 g/mol. The summed E-state index contributed by atoms with van der Waals surface area (Å²) in [7, 11) is 0. The van der Waals surface area contributed by atoms with Gasteiger partial charge < -0.3 is 20.5 Å². The predicted octanol–water partition coefficient (Wildman–Crippen LogP) is 0.402. The van der Waals surface area contributed by atoms with Crippen molar-refractivity contribution in [2.45, 2.75) is 19.8 Å². The van der Waals surface area contributed by atoms with Crippen LogP contribution in [0.25, 0.3) is 0 Å². The maximum Gasteiger partial charge on any atom is 0.338 e. The van der Waals surface area contributed by atoms with E-state index in [1.165, 1.54) is 24.3 Å². The molecule has 0 fully saturated rings. The zero-order valence-corrected chi connectivity index (χ0v) is 13.4. The van der Waals surface area contributed by atoms with Crippen LogP contribution in [0.4, 0.5) is 0 Å². The minimum atomic E-state index is -0.687. The lowest BCUT2D eigenvalue weighted by Gasteiger charge is -2.07. The topological polar surface area (TPSA) is 125 Å². The fourth-order valence-electron chi connectivity index (χ4n) is 1.73. The molecule has 0 saturated heterocycles. The molecule has 8 nitrogen and oxygen atoms in total. The molecule has 0 spiro atoms. The summed E-state index contributed by atoms with van der Waals surface area (Å²) in [4.78, 5) is 45.3. The molecule has 1 aromatic rings. The number of rotatable bonds is 9. The Balaban J connectivity index is 2.27. The number of nitrogens with two attached hydrogens (primary N) is 1. The molecule has 0 bridgehead atoms. The Kier molecular flexibility index (Phi) is 7.97. The third kappa shape index (κ3) is 6.91. The zero-order valence-electron chi connectivity index (χ0n) is 13.4. The van der Waals surface area contributed by atoms with Gasteiger partial charge in [-0.25, -0.2) is 4.79 Å². The number of nitrogens with one attached hydrogen (secondary N) is 1. The number of amides is 2. The number of carbonyl (C=O) groups excluding carboxylic acids is 4. The Morgan fingerprint density at radius 2 is 1.67 bits per heavy atom. The molecule has 3 N–H and O–H groups in total. The SMILES string of the molecule is CCOC(=O)CCCNC(=O)COC(=O)c1ccc(C(N)=O)cc1. The Labute approximate surface area is 139 Å². The number of primary amides is 1. The van der Waals surface area contributed by atoms with Crippen molar-refractivity contribution >= 4 is 23.8 Å². The van der Waals surface area contributed by atoms with Crippen molar-refractivity contribution in [2.75, 3.05) is 19.8 Å². The average Bonchev–Trinajstić information content (AvgIpc) is 2.57. The minimum absolute atomic E-state index is 0.204. The quantitative estimate of drug-likeness (QED) is 0.497. The molecule has 0 aliphatic rings. The molecular weight excluding hydrogens is 316 g/mol. The van der Waals surface area contributed by atoms with Gasteiger partial charge in [-0.15, -0.1) is 0 Å². The van der Waals surface area contributed by atoms with Crippen molar-refractivity contribution in [2.24, 2.45) is 5.73 Å². The third-order valence-corrected chi connectivity index (χ3v) is 2.92. The van der Waals surface area contributed by atoms with E-state index in [0.29, 0.717) is 13.0 Å². The number of carbonyl (C=O) groups is 4. The zero-order chi connectivity index (χ0) is 17.9. The van der Waals surface area contributed by atoms with Crippen LogP contribution in [0, 0.1) is 0 Å². The first-order chi connectivity index (χ1) is 11.4. The van der Waals surface area contributed by atoms with Crippen molar-refractivity contribution < 1.29 is 28.7 Å². The lowest BCUT2D eigenvalue weighted by Crippen LogP contribution is -2.30. The van der Waals surface area contributed by atoms with Crippen molar-refractivity contribution in [3.05, 3.63) is 35.4 Å². The van der Waals surface area contributed by atoms with E-state index in [2.05, 4.69) is 5.32 Å². The normalized spacial score (nSPS) is 9.88. The van der Waals surface area contributed by atoms with Crippen LogP contribution < -0.4 is 11.1 Å². The summed E-state index contributed by atoms with van der Waals surface area (Å²) in [5.41, 5.74) is 5.57. The maximum absolute atomic E-state index is 11.7. The number of benzene rings is 1.